The maximum absolute atomic E-state index is 13.3. The normalized spacial score (nSPS) is 16.2. The summed E-state index contributed by atoms with van der Waals surface area (Å²) in [5.41, 5.74) is 5.06. The molecule has 1 saturated heterocycles. The van der Waals surface area contributed by atoms with Crippen molar-refractivity contribution in [3.63, 3.8) is 0 Å². The van der Waals surface area contributed by atoms with Crippen molar-refractivity contribution in [2.75, 3.05) is 13.1 Å². The van der Waals surface area contributed by atoms with E-state index < -0.39 is 0 Å². The summed E-state index contributed by atoms with van der Waals surface area (Å²) in [7, 11) is 0. The highest BCUT2D eigenvalue weighted by Crippen LogP contribution is 2.29. The van der Waals surface area contributed by atoms with Crippen LogP contribution < -0.4 is 0 Å². The van der Waals surface area contributed by atoms with E-state index in [9.17, 15) is 9.18 Å². The smallest absolute Gasteiger partial charge is 0.254 e. The van der Waals surface area contributed by atoms with Gasteiger partial charge in [-0.3, -0.25) is 9.78 Å². The number of carbonyl (C=O) groups excluding carboxylic acids is 1. The van der Waals surface area contributed by atoms with Gasteiger partial charge in [0.1, 0.15) is 11.6 Å². The summed E-state index contributed by atoms with van der Waals surface area (Å²) in [6.45, 7) is 3.21. The molecule has 1 atom stereocenters. The summed E-state index contributed by atoms with van der Waals surface area (Å²) in [5.74, 6) is 1.17. The maximum atomic E-state index is 13.3. The molecule has 0 unspecified atom stereocenters. The molecule has 0 aliphatic carbocycles. The molecule has 4 heterocycles. The summed E-state index contributed by atoms with van der Waals surface area (Å²) in [6.07, 6.45) is 5.77. The summed E-state index contributed by atoms with van der Waals surface area (Å²) < 4.78 is 19.1. The highest BCUT2D eigenvalue weighted by molar-refractivity contribution is 7.13. The van der Waals surface area contributed by atoms with Gasteiger partial charge in [0, 0.05) is 31.3 Å². The number of piperidine rings is 1. The molecule has 1 fully saturated rings. The zero-order valence-corrected chi connectivity index (χ0v) is 19.0. The number of nitrogens with zero attached hydrogens (tertiary/aromatic N) is 4. The van der Waals surface area contributed by atoms with Gasteiger partial charge < -0.3 is 9.32 Å². The fourth-order valence-electron chi connectivity index (χ4n) is 4.18. The number of benzene rings is 1. The molecule has 8 heteroatoms. The number of likely N-dealkylation sites (tertiary alicyclic amines) is 1. The van der Waals surface area contributed by atoms with Crippen LogP contribution in [0.1, 0.15) is 52.0 Å². The third-order valence-corrected chi connectivity index (χ3v) is 6.86. The molecule has 5 rings (SSSR count). The summed E-state index contributed by atoms with van der Waals surface area (Å²) in [5, 5.41) is 0. The van der Waals surface area contributed by atoms with E-state index >= 15 is 0 Å². The molecular weight excluding hydrogens is 439 g/mol. The van der Waals surface area contributed by atoms with E-state index in [-0.39, 0.29) is 17.6 Å². The maximum Gasteiger partial charge on any atom is 0.254 e. The highest BCUT2D eigenvalue weighted by Gasteiger charge is 2.28. The number of aromatic nitrogens is 3. The highest BCUT2D eigenvalue weighted by atomic mass is 32.1. The molecule has 0 saturated carbocycles. The van der Waals surface area contributed by atoms with Crippen molar-refractivity contribution >= 4 is 17.2 Å². The minimum atomic E-state index is -0.257. The van der Waals surface area contributed by atoms with Gasteiger partial charge in [0.25, 0.3) is 5.91 Å². The van der Waals surface area contributed by atoms with Gasteiger partial charge in [-0.25, -0.2) is 14.4 Å². The van der Waals surface area contributed by atoms with E-state index in [1.165, 1.54) is 23.5 Å². The standard InChI is InChI=1S/C25H23FN4O2S/c1-16-23(33-15-29-16)22-12-18(8-9-27-22)25(31)30-10-2-3-19(14-30)24-28-13-21(32-24)11-17-4-6-20(26)7-5-17/h4-9,12-13,15,19H,2-3,10-11,14H2,1H3/t19-/m1/s1. The predicted octanol–water partition coefficient (Wildman–Crippen LogP) is 5.25. The summed E-state index contributed by atoms with van der Waals surface area (Å²) >= 11 is 1.52. The summed E-state index contributed by atoms with van der Waals surface area (Å²) in [4.78, 5) is 29.3. The van der Waals surface area contributed by atoms with Crippen LogP contribution in [-0.4, -0.2) is 38.8 Å². The summed E-state index contributed by atoms with van der Waals surface area (Å²) in [6, 6.07) is 9.98. The van der Waals surface area contributed by atoms with Crippen LogP contribution in [0.2, 0.25) is 0 Å². The third-order valence-electron chi connectivity index (χ3n) is 5.91. The Bertz CT molecular complexity index is 1270. The second-order valence-corrected chi connectivity index (χ2v) is 9.11. The molecule has 6 nitrogen and oxygen atoms in total. The lowest BCUT2D eigenvalue weighted by atomic mass is 9.97. The van der Waals surface area contributed by atoms with E-state index in [2.05, 4.69) is 15.0 Å². The van der Waals surface area contributed by atoms with Gasteiger partial charge >= 0.3 is 0 Å². The number of oxazole rings is 1. The lowest BCUT2D eigenvalue weighted by molar-refractivity contribution is 0.0698. The Morgan fingerprint density at radius 1 is 1.21 bits per heavy atom. The van der Waals surface area contributed by atoms with Crippen LogP contribution in [0.4, 0.5) is 4.39 Å². The number of hydrogen-bond acceptors (Lipinski definition) is 6. The van der Waals surface area contributed by atoms with Gasteiger partial charge in [0.05, 0.1) is 33.9 Å². The Morgan fingerprint density at radius 2 is 2.06 bits per heavy atom. The number of halogens is 1. The second kappa shape index (κ2) is 9.23. The number of aryl methyl sites for hydroxylation is 1. The zero-order chi connectivity index (χ0) is 22.8. The van der Waals surface area contributed by atoms with E-state index in [4.69, 9.17) is 4.42 Å². The average molecular weight is 463 g/mol. The van der Waals surface area contributed by atoms with Crippen molar-refractivity contribution in [2.24, 2.45) is 0 Å². The molecule has 1 aliphatic rings. The Morgan fingerprint density at radius 3 is 2.85 bits per heavy atom. The topological polar surface area (TPSA) is 72.1 Å². The third kappa shape index (κ3) is 4.71. The minimum Gasteiger partial charge on any atom is -0.445 e. The van der Waals surface area contributed by atoms with Crippen LogP contribution >= 0.6 is 11.3 Å². The molecule has 33 heavy (non-hydrogen) atoms. The molecule has 1 amide bonds. The number of carbonyl (C=O) groups is 1. The van der Waals surface area contributed by atoms with Crippen molar-refractivity contribution in [3.8, 4) is 10.6 Å². The molecular formula is C25H23FN4O2S. The molecule has 0 spiro atoms. The quantitative estimate of drug-likeness (QED) is 0.405. The fourth-order valence-corrected chi connectivity index (χ4v) is 4.95. The van der Waals surface area contributed by atoms with Gasteiger partial charge in [-0.2, -0.15) is 0 Å². The average Bonchev–Trinajstić information content (AvgIpc) is 3.49. The van der Waals surface area contributed by atoms with Crippen molar-refractivity contribution in [3.05, 3.63) is 88.6 Å². The molecule has 168 valence electrons. The monoisotopic (exact) mass is 462 g/mol. The van der Waals surface area contributed by atoms with Gasteiger partial charge in [-0.15, -0.1) is 11.3 Å². The molecule has 0 bridgehead atoms. The second-order valence-electron chi connectivity index (χ2n) is 8.26. The largest absolute Gasteiger partial charge is 0.445 e. The van der Waals surface area contributed by atoms with Crippen molar-refractivity contribution < 1.29 is 13.6 Å². The molecule has 1 aliphatic heterocycles. The predicted molar refractivity (Wildman–Crippen MR) is 124 cm³/mol. The van der Waals surface area contributed by atoms with Crippen LogP contribution in [0.25, 0.3) is 10.6 Å². The molecule has 0 radical (unpaired) electrons. The molecule has 3 aromatic heterocycles. The zero-order valence-electron chi connectivity index (χ0n) is 18.2. The molecule has 1 aromatic carbocycles. The van der Waals surface area contributed by atoms with E-state index in [0.29, 0.717) is 31.0 Å². The van der Waals surface area contributed by atoms with Gasteiger partial charge in [-0.05, 0) is 49.6 Å². The number of rotatable bonds is 5. The first kappa shape index (κ1) is 21.5. The minimum absolute atomic E-state index is 0.0105. The van der Waals surface area contributed by atoms with Crippen LogP contribution in [0.15, 0.2) is 58.7 Å². The number of amides is 1. The van der Waals surface area contributed by atoms with E-state index in [1.807, 2.05) is 17.9 Å². The number of thiazole rings is 1. The Hall–Kier alpha value is -3.39. The first-order chi connectivity index (χ1) is 16.1. The van der Waals surface area contributed by atoms with Gasteiger partial charge in [0.15, 0.2) is 5.89 Å². The Labute approximate surface area is 195 Å². The SMILES string of the molecule is Cc1ncsc1-c1cc(C(=O)N2CCC[C@@H](c3ncc(Cc4ccc(F)cc4)o3)C2)ccn1. The van der Waals surface area contributed by atoms with E-state index in [0.717, 1.165) is 40.4 Å². The van der Waals surface area contributed by atoms with Crippen LogP contribution in [0.3, 0.4) is 0 Å². The van der Waals surface area contributed by atoms with Crippen molar-refractivity contribution in [2.45, 2.75) is 32.1 Å². The molecule has 4 aromatic rings. The number of hydrogen-bond donors (Lipinski definition) is 0. The van der Waals surface area contributed by atoms with Gasteiger partial charge in [-0.1, -0.05) is 12.1 Å². The van der Waals surface area contributed by atoms with Crippen molar-refractivity contribution in [1.82, 2.24) is 19.9 Å². The van der Waals surface area contributed by atoms with Crippen molar-refractivity contribution in [1.29, 1.82) is 0 Å². The fraction of sp³-hybridized carbons (Fsp3) is 0.280. The van der Waals surface area contributed by atoms with Crippen LogP contribution in [0, 0.1) is 12.7 Å². The number of pyridine rings is 1. The Kier molecular flexibility index (Phi) is 6.00. The lowest BCUT2D eigenvalue weighted by Crippen LogP contribution is -2.39. The molecule has 0 N–H and O–H groups in total. The van der Waals surface area contributed by atoms with E-state index in [1.54, 1.807) is 36.1 Å². The lowest BCUT2D eigenvalue weighted by Gasteiger charge is -2.31. The van der Waals surface area contributed by atoms with Gasteiger partial charge in [0.2, 0.25) is 0 Å². The van der Waals surface area contributed by atoms with Crippen LogP contribution in [0.5, 0.6) is 0 Å². The van der Waals surface area contributed by atoms with Crippen LogP contribution in [-0.2, 0) is 6.42 Å². The Balaban J connectivity index is 1.28. The first-order valence-corrected chi connectivity index (χ1v) is 11.8. The first-order valence-electron chi connectivity index (χ1n) is 10.9.